The number of aliphatic hydroxyl groups is 1. The number of rotatable bonds is 2. The lowest BCUT2D eigenvalue weighted by atomic mass is 9.66. The second kappa shape index (κ2) is 6.74. The molecule has 1 saturated carbocycles. The first-order valence-electron chi connectivity index (χ1n) is 10.2. The minimum absolute atomic E-state index is 0.0546. The van der Waals surface area contributed by atoms with Gasteiger partial charge in [-0.25, -0.2) is 0 Å². The van der Waals surface area contributed by atoms with Crippen molar-refractivity contribution >= 4 is 16.8 Å². The maximum Gasteiger partial charge on any atom is 0.254 e. The fourth-order valence-electron chi connectivity index (χ4n) is 5.33. The van der Waals surface area contributed by atoms with Gasteiger partial charge < -0.3 is 10.0 Å². The third kappa shape index (κ3) is 2.65. The van der Waals surface area contributed by atoms with Crippen molar-refractivity contribution in [2.24, 2.45) is 5.92 Å². The van der Waals surface area contributed by atoms with Crippen LogP contribution in [0, 0.1) is 5.92 Å². The molecule has 0 spiro atoms. The Balaban J connectivity index is 1.51. The van der Waals surface area contributed by atoms with E-state index in [0.717, 1.165) is 42.1 Å². The monoisotopic (exact) mass is 375 g/mol. The van der Waals surface area contributed by atoms with Gasteiger partial charge in [-0.1, -0.05) is 49.2 Å². The summed E-state index contributed by atoms with van der Waals surface area (Å²) in [5.74, 6) is 0.129. The zero-order valence-electron chi connectivity index (χ0n) is 15.8. The van der Waals surface area contributed by atoms with Crippen LogP contribution in [-0.2, 0) is 5.60 Å². The van der Waals surface area contributed by atoms with Crippen molar-refractivity contribution < 1.29 is 9.90 Å². The lowest BCUT2D eigenvalue weighted by Gasteiger charge is -2.52. The van der Waals surface area contributed by atoms with Crippen LogP contribution in [0.3, 0.4) is 0 Å². The minimum Gasteiger partial charge on any atom is -0.385 e. The van der Waals surface area contributed by atoms with Gasteiger partial charge in [-0.2, -0.15) is 5.10 Å². The van der Waals surface area contributed by atoms with Crippen LogP contribution in [-0.4, -0.2) is 38.7 Å². The number of carbonyl (C=O) groups is 1. The van der Waals surface area contributed by atoms with Crippen LogP contribution in [0.5, 0.6) is 0 Å². The summed E-state index contributed by atoms with van der Waals surface area (Å²) in [5.41, 5.74) is 1.70. The predicted molar refractivity (Wildman–Crippen MR) is 108 cm³/mol. The first-order chi connectivity index (χ1) is 13.7. The van der Waals surface area contributed by atoms with Crippen LogP contribution in [0.4, 0.5) is 0 Å². The first kappa shape index (κ1) is 17.4. The second-order valence-corrected chi connectivity index (χ2v) is 8.13. The molecule has 5 heteroatoms. The van der Waals surface area contributed by atoms with Gasteiger partial charge in [0, 0.05) is 23.9 Å². The number of hydrogen-bond donors (Lipinski definition) is 2. The van der Waals surface area contributed by atoms with Crippen LogP contribution in [0.25, 0.3) is 10.9 Å². The van der Waals surface area contributed by atoms with E-state index in [1.807, 2.05) is 53.4 Å². The third-order valence-corrected chi connectivity index (χ3v) is 6.73. The molecule has 3 atom stereocenters. The van der Waals surface area contributed by atoms with E-state index in [9.17, 15) is 9.90 Å². The van der Waals surface area contributed by atoms with Crippen LogP contribution in [0.2, 0.25) is 0 Å². The molecule has 1 aliphatic carbocycles. The molecule has 2 aromatic carbocycles. The van der Waals surface area contributed by atoms with Crippen LogP contribution in [0.1, 0.15) is 48.0 Å². The highest BCUT2D eigenvalue weighted by atomic mass is 16.3. The van der Waals surface area contributed by atoms with Crippen LogP contribution >= 0.6 is 0 Å². The molecule has 2 fully saturated rings. The number of aromatic nitrogens is 2. The summed E-state index contributed by atoms with van der Waals surface area (Å²) in [7, 11) is 0. The van der Waals surface area contributed by atoms with Crippen molar-refractivity contribution in [2.45, 2.75) is 43.7 Å². The van der Waals surface area contributed by atoms with Crippen molar-refractivity contribution in [1.29, 1.82) is 0 Å². The number of piperidine rings is 1. The smallest absolute Gasteiger partial charge is 0.254 e. The number of fused-ring (bicyclic) bond motifs is 2. The highest BCUT2D eigenvalue weighted by molar-refractivity contribution is 6.06. The van der Waals surface area contributed by atoms with Crippen molar-refractivity contribution in [3.05, 3.63) is 65.9 Å². The maximum atomic E-state index is 13.5. The predicted octanol–water partition coefficient (Wildman–Crippen LogP) is 3.86. The molecule has 2 aliphatic rings. The summed E-state index contributed by atoms with van der Waals surface area (Å²) in [6.07, 6.45) is 6.42. The first-order valence-corrected chi connectivity index (χ1v) is 10.2. The quantitative estimate of drug-likeness (QED) is 0.715. The number of aromatic amines is 1. The van der Waals surface area contributed by atoms with Crippen molar-refractivity contribution in [3.8, 4) is 0 Å². The van der Waals surface area contributed by atoms with Gasteiger partial charge in [-0.3, -0.25) is 9.89 Å². The zero-order chi connectivity index (χ0) is 19.1. The molecule has 5 nitrogen and oxygen atoms in total. The normalized spacial score (nSPS) is 27.5. The van der Waals surface area contributed by atoms with E-state index in [4.69, 9.17) is 0 Å². The molecule has 5 rings (SSSR count). The van der Waals surface area contributed by atoms with Gasteiger partial charge in [0.05, 0.1) is 22.9 Å². The standard InChI is InChI=1S/C23H25N3O2/c27-22(17-9-6-11-20-18(17)15-24-25-20)26-14-13-23(28,16-7-2-1-3-8-16)19-10-4-5-12-21(19)26/h1-3,6-9,11,15,19,21,28H,4-5,10,12-14H2,(H,24,25)/t19-,21?,23-/m1/s1. The van der Waals surface area contributed by atoms with E-state index in [0.29, 0.717) is 18.5 Å². The Hall–Kier alpha value is -2.66. The number of amides is 1. The van der Waals surface area contributed by atoms with Crippen molar-refractivity contribution in [1.82, 2.24) is 15.1 Å². The summed E-state index contributed by atoms with van der Waals surface area (Å²) >= 11 is 0. The van der Waals surface area contributed by atoms with Gasteiger partial charge in [-0.05, 0) is 37.0 Å². The Morgan fingerprint density at radius 1 is 1.11 bits per heavy atom. The van der Waals surface area contributed by atoms with Gasteiger partial charge in [0.25, 0.3) is 5.91 Å². The molecule has 1 aromatic heterocycles. The number of nitrogens with one attached hydrogen (secondary N) is 1. The summed E-state index contributed by atoms with van der Waals surface area (Å²) in [4.78, 5) is 15.5. The Morgan fingerprint density at radius 2 is 1.93 bits per heavy atom. The second-order valence-electron chi connectivity index (χ2n) is 8.13. The Labute approximate surface area is 164 Å². The molecule has 0 bridgehead atoms. The van der Waals surface area contributed by atoms with Crippen LogP contribution < -0.4 is 0 Å². The Bertz CT molecular complexity index is 999. The van der Waals surface area contributed by atoms with E-state index in [2.05, 4.69) is 10.2 Å². The lowest BCUT2D eigenvalue weighted by molar-refractivity contribution is -0.110. The topological polar surface area (TPSA) is 69.2 Å². The number of carbonyl (C=O) groups excluding carboxylic acids is 1. The fourth-order valence-corrected chi connectivity index (χ4v) is 5.33. The van der Waals surface area contributed by atoms with Crippen molar-refractivity contribution in [2.75, 3.05) is 6.54 Å². The molecular formula is C23H25N3O2. The molecule has 1 amide bonds. The van der Waals surface area contributed by atoms with Gasteiger partial charge in [-0.15, -0.1) is 0 Å². The number of hydrogen-bond acceptors (Lipinski definition) is 3. The molecule has 1 saturated heterocycles. The van der Waals surface area contributed by atoms with E-state index < -0.39 is 5.60 Å². The molecule has 28 heavy (non-hydrogen) atoms. The van der Waals surface area contributed by atoms with Gasteiger partial charge in [0.1, 0.15) is 0 Å². The number of H-pyrrole nitrogens is 1. The molecule has 0 radical (unpaired) electrons. The molecule has 1 unspecified atom stereocenters. The molecule has 2 heterocycles. The summed E-state index contributed by atoms with van der Waals surface area (Å²) in [6, 6.07) is 15.8. The van der Waals surface area contributed by atoms with Gasteiger partial charge in [0.15, 0.2) is 0 Å². The largest absolute Gasteiger partial charge is 0.385 e. The van der Waals surface area contributed by atoms with E-state index >= 15 is 0 Å². The molecule has 1 aliphatic heterocycles. The fraction of sp³-hybridized carbons (Fsp3) is 0.391. The van der Waals surface area contributed by atoms with Gasteiger partial charge in [0.2, 0.25) is 0 Å². The molecular weight excluding hydrogens is 350 g/mol. The zero-order valence-corrected chi connectivity index (χ0v) is 15.8. The highest BCUT2D eigenvalue weighted by Gasteiger charge is 2.50. The summed E-state index contributed by atoms with van der Waals surface area (Å²) in [6.45, 7) is 0.569. The lowest BCUT2D eigenvalue weighted by Crippen LogP contribution is -2.59. The van der Waals surface area contributed by atoms with Crippen molar-refractivity contribution in [3.63, 3.8) is 0 Å². The van der Waals surface area contributed by atoms with Gasteiger partial charge >= 0.3 is 0 Å². The van der Waals surface area contributed by atoms with E-state index in [1.165, 1.54) is 0 Å². The van der Waals surface area contributed by atoms with Crippen LogP contribution in [0.15, 0.2) is 54.7 Å². The average molecular weight is 375 g/mol. The Kier molecular flexibility index (Phi) is 4.20. The molecule has 144 valence electrons. The molecule has 2 N–H and O–H groups in total. The molecule has 3 aromatic rings. The average Bonchev–Trinajstić information content (AvgIpc) is 3.23. The third-order valence-electron chi connectivity index (χ3n) is 6.73. The summed E-state index contributed by atoms with van der Waals surface area (Å²) in [5, 5.41) is 19.6. The SMILES string of the molecule is O=C(c1cccc2[nH]ncc12)N1CC[C@@](O)(c2ccccc2)[C@@H]2CCCCC21. The number of benzene rings is 2. The summed E-state index contributed by atoms with van der Waals surface area (Å²) < 4.78 is 0. The minimum atomic E-state index is -0.856. The Morgan fingerprint density at radius 3 is 2.79 bits per heavy atom. The maximum absolute atomic E-state index is 13.5. The number of likely N-dealkylation sites (tertiary alicyclic amines) is 1. The highest BCUT2D eigenvalue weighted by Crippen LogP contribution is 2.47. The van der Waals surface area contributed by atoms with E-state index in [1.54, 1.807) is 6.20 Å². The van der Waals surface area contributed by atoms with E-state index in [-0.39, 0.29) is 17.9 Å². The number of nitrogens with zero attached hydrogens (tertiary/aromatic N) is 2.